The molecular formula is C17H28ClN3. The highest BCUT2D eigenvalue weighted by Gasteiger charge is 2.21. The van der Waals surface area contributed by atoms with E-state index in [0.717, 1.165) is 24.0 Å². The van der Waals surface area contributed by atoms with E-state index in [0.29, 0.717) is 6.04 Å². The van der Waals surface area contributed by atoms with Crippen LogP contribution < -0.4 is 5.32 Å². The van der Waals surface area contributed by atoms with Gasteiger partial charge in [-0.3, -0.25) is 0 Å². The minimum absolute atomic E-state index is 0.399. The SMILES string of the molecule is CNC(CCN(C)C1CCN(C)CC1)c1ccc(Cl)cc1. The highest BCUT2D eigenvalue weighted by molar-refractivity contribution is 6.30. The van der Waals surface area contributed by atoms with Crippen LogP contribution in [0.15, 0.2) is 24.3 Å². The third-order valence-electron chi connectivity index (χ3n) is 4.70. The Kier molecular flexibility index (Phi) is 6.49. The van der Waals surface area contributed by atoms with Gasteiger partial charge in [-0.15, -0.1) is 0 Å². The normalized spacial score (nSPS) is 19.1. The van der Waals surface area contributed by atoms with Gasteiger partial charge in [-0.25, -0.2) is 0 Å². The first-order chi connectivity index (χ1) is 10.1. The lowest BCUT2D eigenvalue weighted by molar-refractivity contribution is 0.140. The van der Waals surface area contributed by atoms with Gasteiger partial charge >= 0.3 is 0 Å². The Morgan fingerprint density at radius 1 is 1.29 bits per heavy atom. The lowest BCUT2D eigenvalue weighted by Crippen LogP contribution is -2.42. The molecule has 1 N–H and O–H groups in total. The Bertz CT molecular complexity index is 413. The molecule has 1 atom stereocenters. The van der Waals surface area contributed by atoms with Gasteiger partial charge in [-0.2, -0.15) is 0 Å². The average molecular weight is 310 g/mol. The quantitative estimate of drug-likeness (QED) is 0.871. The van der Waals surface area contributed by atoms with Crippen LogP contribution in [0, 0.1) is 0 Å². The molecule has 1 aromatic rings. The number of rotatable bonds is 6. The summed E-state index contributed by atoms with van der Waals surface area (Å²) in [5, 5.41) is 4.23. The van der Waals surface area contributed by atoms with Crippen LogP contribution in [0.5, 0.6) is 0 Å². The summed E-state index contributed by atoms with van der Waals surface area (Å²) in [4.78, 5) is 4.96. The number of benzene rings is 1. The van der Waals surface area contributed by atoms with Crippen molar-refractivity contribution in [1.29, 1.82) is 0 Å². The number of halogens is 1. The molecular weight excluding hydrogens is 282 g/mol. The van der Waals surface area contributed by atoms with E-state index in [9.17, 15) is 0 Å². The maximum absolute atomic E-state index is 5.97. The molecule has 21 heavy (non-hydrogen) atoms. The van der Waals surface area contributed by atoms with Crippen molar-refractivity contribution in [3.05, 3.63) is 34.9 Å². The van der Waals surface area contributed by atoms with Crippen LogP contribution in [0.4, 0.5) is 0 Å². The molecule has 118 valence electrons. The summed E-state index contributed by atoms with van der Waals surface area (Å²) in [6.45, 7) is 3.58. The van der Waals surface area contributed by atoms with Crippen molar-refractivity contribution in [2.24, 2.45) is 0 Å². The van der Waals surface area contributed by atoms with Gasteiger partial charge in [0.2, 0.25) is 0 Å². The van der Waals surface area contributed by atoms with Gasteiger partial charge in [0.1, 0.15) is 0 Å². The number of piperidine rings is 1. The van der Waals surface area contributed by atoms with Crippen molar-refractivity contribution in [2.45, 2.75) is 31.3 Å². The fourth-order valence-electron chi connectivity index (χ4n) is 3.12. The van der Waals surface area contributed by atoms with Gasteiger partial charge in [0, 0.05) is 17.1 Å². The lowest BCUT2D eigenvalue weighted by atomic mass is 10.0. The molecule has 0 amide bonds. The molecule has 0 bridgehead atoms. The molecule has 1 saturated heterocycles. The van der Waals surface area contributed by atoms with Crippen LogP contribution in [-0.2, 0) is 0 Å². The molecule has 0 spiro atoms. The first-order valence-corrected chi connectivity index (χ1v) is 8.29. The van der Waals surface area contributed by atoms with Crippen molar-refractivity contribution in [3.63, 3.8) is 0 Å². The fourth-order valence-corrected chi connectivity index (χ4v) is 3.25. The molecule has 0 aromatic heterocycles. The van der Waals surface area contributed by atoms with Crippen molar-refractivity contribution in [2.75, 3.05) is 40.8 Å². The summed E-state index contributed by atoms with van der Waals surface area (Å²) in [7, 11) is 6.52. The summed E-state index contributed by atoms with van der Waals surface area (Å²) in [5.74, 6) is 0. The third-order valence-corrected chi connectivity index (χ3v) is 4.95. The highest BCUT2D eigenvalue weighted by atomic mass is 35.5. The molecule has 1 fully saturated rings. The zero-order valence-electron chi connectivity index (χ0n) is 13.5. The largest absolute Gasteiger partial charge is 0.313 e. The Morgan fingerprint density at radius 3 is 2.48 bits per heavy atom. The topological polar surface area (TPSA) is 18.5 Å². The minimum atomic E-state index is 0.399. The van der Waals surface area contributed by atoms with Crippen molar-refractivity contribution >= 4 is 11.6 Å². The molecule has 0 radical (unpaired) electrons. The van der Waals surface area contributed by atoms with Gasteiger partial charge in [0.05, 0.1) is 0 Å². The van der Waals surface area contributed by atoms with E-state index >= 15 is 0 Å². The van der Waals surface area contributed by atoms with Crippen LogP contribution in [0.2, 0.25) is 5.02 Å². The van der Waals surface area contributed by atoms with E-state index in [-0.39, 0.29) is 0 Å². The van der Waals surface area contributed by atoms with Crippen molar-refractivity contribution in [3.8, 4) is 0 Å². The molecule has 0 saturated carbocycles. The van der Waals surface area contributed by atoms with E-state index in [4.69, 9.17) is 11.6 Å². The summed E-state index contributed by atoms with van der Waals surface area (Å²) in [6.07, 6.45) is 3.71. The van der Waals surface area contributed by atoms with E-state index in [1.165, 1.54) is 31.5 Å². The molecule has 1 aliphatic heterocycles. The van der Waals surface area contributed by atoms with Crippen LogP contribution >= 0.6 is 11.6 Å². The van der Waals surface area contributed by atoms with Crippen molar-refractivity contribution in [1.82, 2.24) is 15.1 Å². The molecule has 0 aliphatic carbocycles. The number of hydrogen-bond acceptors (Lipinski definition) is 3. The van der Waals surface area contributed by atoms with Gasteiger partial charge < -0.3 is 15.1 Å². The van der Waals surface area contributed by atoms with E-state index < -0.39 is 0 Å². The van der Waals surface area contributed by atoms with Gasteiger partial charge in [-0.05, 0) is 77.7 Å². The molecule has 2 rings (SSSR count). The standard InChI is InChI=1S/C17H28ClN3/c1-19-17(14-4-6-15(18)7-5-14)10-13-21(3)16-8-11-20(2)12-9-16/h4-7,16-17,19H,8-13H2,1-3H3. The van der Waals surface area contributed by atoms with Crippen molar-refractivity contribution < 1.29 is 0 Å². The zero-order valence-corrected chi connectivity index (χ0v) is 14.2. The predicted molar refractivity (Wildman–Crippen MR) is 91.0 cm³/mol. The number of likely N-dealkylation sites (tertiary alicyclic amines) is 1. The first-order valence-electron chi connectivity index (χ1n) is 7.91. The Labute approximate surface area is 134 Å². The van der Waals surface area contributed by atoms with E-state index in [2.05, 4.69) is 41.3 Å². The summed E-state index contributed by atoms with van der Waals surface area (Å²) in [5.41, 5.74) is 1.32. The summed E-state index contributed by atoms with van der Waals surface area (Å²) >= 11 is 5.97. The minimum Gasteiger partial charge on any atom is -0.313 e. The van der Waals surface area contributed by atoms with Crippen LogP contribution in [0.25, 0.3) is 0 Å². The Hall–Kier alpha value is -0.610. The second-order valence-corrected chi connectivity index (χ2v) is 6.63. The second kappa shape index (κ2) is 8.14. The summed E-state index contributed by atoms with van der Waals surface area (Å²) < 4.78 is 0. The lowest BCUT2D eigenvalue weighted by Gasteiger charge is -2.35. The average Bonchev–Trinajstić information content (AvgIpc) is 2.50. The molecule has 1 heterocycles. The van der Waals surface area contributed by atoms with Crippen LogP contribution in [0.3, 0.4) is 0 Å². The van der Waals surface area contributed by atoms with Crippen LogP contribution in [0.1, 0.15) is 30.9 Å². The zero-order chi connectivity index (χ0) is 15.2. The third kappa shape index (κ3) is 4.96. The maximum atomic E-state index is 5.97. The fraction of sp³-hybridized carbons (Fsp3) is 0.647. The Balaban J connectivity index is 1.83. The van der Waals surface area contributed by atoms with Gasteiger partial charge in [0.25, 0.3) is 0 Å². The smallest absolute Gasteiger partial charge is 0.0406 e. The van der Waals surface area contributed by atoms with Gasteiger partial charge in [-0.1, -0.05) is 23.7 Å². The molecule has 1 unspecified atom stereocenters. The summed E-state index contributed by atoms with van der Waals surface area (Å²) in [6, 6.07) is 9.34. The van der Waals surface area contributed by atoms with E-state index in [1.54, 1.807) is 0 Å². The molecule has 3 nitrogen and oxygen atoms in total. The molecule has 1 aromatic carbocycles. The predicted octanol–water partition coefficient (Wildman–Crippen LogP) is 3.02. The monoisotopic (exact) mass is 309 g/mol. The molecule has 4 heteroatoms. The number of nitrogens with zero attached hydrogens (tertiary/aromatic N) is 2. The Morgan fingerprint density at radius 2 is 1.90 bits per heavy atom. The van der Waals surface area contributed by atoms with E-state index in [1.807, 2.05) is 19.2 Å². The van der Waals surface area contributed by atoms with Crippen LogP contribution in [-0.4, -0.2) is 56.6 Å². The maximum Gasteiger partial charge on any atom is 0.0406 e. The number of hydrogen-bond donors (Lipinski definition) is 1. The first kappa shape index (κ1) is 16.8. The second-order valence-electron chi connectivity index (χ2n) is 6.20. The molecule has 1 aliphatic rings. The van der Waals surface area contributed by atoms with Gasteiger partial charge in [0.15, 0.2) is 0 Å². The highest BCUT2D eigenvalue weighted by Crippen LogP contribution is 2.21. The number of nitrogens with one attached hydrogen (secondary N) is 1.